The highest BCUT2D eigenvalue weighted by Crippen LogP contribution is 2.37. The largest absolute Gasteiger partial charge is 0.459 e. The summed E-state index contributed by atoms with van der Waals surface area (Å²) in [6.07, 6.45) is 5.52. The predicted octanol–water partition coefficient (Wildman–Crippen LogP) is 3.27. The molecular weight excluding hydrogens is 248 g/mol. The topological polar surface area (TPSA) is 42.4 Å². The lowest BCUT2D eigenvalue weighted by atomic mass is 10.1. The number of rotatable bonds is 6. The second-order valence-corrected chi connectivity index (χ2v) is 6.31. The first-order chi connectivity index (χ1) is 9.85. The first-order valence-corrected chi connectivity index (χ1v) is 7.78. The molecule has 1 heterocycles. The lowest BCUT2D eigenvalue weighted by Crippen LogP contribution is -2.28. The Morgan fingerprint density at radius 2 is 1.95 bits per heavy atom. The second-order valence-electron chi connectivity index (χ2n) is 6.31. The van der Waals surface area contributed by atoms with Crippen molar-refractivity contribution in [3.8, 4) is 0 Å². The van der Waals surface area contributed by atoms with Crippen molar-refractivity contribution in [2.45, 2.75) is 44.8 Å². The standard InChI is InChI=1S/C17H22N2O/c18-9-15-14-3-1-2-4-16(14)20-17(15)11-19(13-7-8-13)10-12-5-6-12/h1-4,12-13H,5-11,18H2. The number of furan rings is 1. The van der Waals surface area contributed by atoms with Crippen LogP contribution in [0.4, 0.5) is 0 Å². The van der Waals surface area contributed by atoms with Crippen LogP contribution in [0.15, 0.2) is 28.7 Å². The average Bonchev–Trinajstić information content (AvgIpc) is 3.34. The molecule has 3 nitrogen and oxygen atoms in total. The van der Waals surface area contributed by atoms with E-state index < -0.39 is 0 Å². The van der Waals surface area contributed by atoms with E-state index in [9.17, 15) is 0 Å². The summed E-state index contributed by atoms with van der Waals surface area (Å²) in [5, 5.41) is 1.19. The lowest BCUT2D eigenvalue weighted by molar-refractivity contribution is 0.225. The summed E-state index contributed by atoms with van der Waals surface area (Å²) in [7, 11) is 0. The third-order valence-corrected chi connectivity index (χ3v) is 4.59. The van der Waals surface area contributed by atoms with Crippen molar-refractivity contribution >= 4 is 11.0 Å². The first kappa shape index (κ1) is 12.4. The lowest BCUT2D eigenvalue weighted by Gasteiger charge is -2.21. The van der Waals surface area contributed by atoms with Crippen LogP contribution in [-0.4, -0.2) is 17.5 Å². The highest BCUT2D eigenvalue weighted by atomic mass is 16.3. The van der Waals surface area contributed by atoms with Gasteiger partial charge in [-0.25, -0.2) is 0 Å². The molecule has 0 saturated heterocycles. The summed E-state index contributed by atoms with van der Waals surface area (Å²) < 4.78 is 6.08. The Bertz CT molecular complexity index is 610. The van der Waals surface area contributed by atoms with E-state index in [1.807, 2.05) is 12.1 Å². The number of nitrogens with two attached hydrogens (primary N) is 1. The Balaban J connectivity index is 1.62. The van der Waals surface area contributed by atoms with Crippen LogP contribution in [0.25, 0.3) is 11.0 Å². The molecule has 0 unspecified atom stereocenters. The van der Waals surface area contributed by atoms with Gasteiger partial charge < -0.3 is 10.2 Å². The van der Waals surface area contributed by atoms with Crippen LogP contribution in [-0.2, 0) is 13.1 Å². The zero-order valence-electron chi connectivity index (χ0n) is 11.8. The molecule has 0 atom stereocenters. The van der Waals surface area contributed by atoms with Gasteiger partial charge in [0.25, 0.3) is 0 Å². The minimum atomic E-state index is 0.564. The monoisotopic (exact) mass is 270 g/mol. The molecule has 2 saturated carbocycles. The van der Waals surface area contributed by atoms with Gasteiger partial charge in [0, 0.05) is 30.1 Å². The molecular formula is C17H22N2O. The smallest absolute Gasteiger partial charge is 0.134 e. The summed E-state index contributed by atoms with van der Waals surface area (Å²) in [5.74, 6) is 2.02. The van der Waals surface area contributed by atoms with Gasteiger partial charge in [-0.2, -0.15) is 0 Å². The zero-order valence-corrected chi connectivity index (χ0v) is 11.8. The Morgan fingerprint density at radius 1 is 1.15 bits per heavy atom. The molecule has 0 radical (unpaired) electrons. The Labute approximate surface area is 119 Å². The molecule has 0 amide bonds. The Morgan fingerprint density at radius 3 is 2.65 bits per heavy atom. The molecule has 20 heavy (non-hydrogen) atoms. The highest BCUT2D eigenvalue weighted by Gasteiger charge is 2.34. The normalized spacial score (nSPS) is 19.1. The van der Waals surface area contributed by atoms with Gasteiger partial charge in [0.05, 0.1) is 6.54 Å². The molecule has 3 heteroatoms. The van der Waals surface area contributed by atoms with E-state index in [0.29, 0.717) is 6.54 Å². The maximum atomic E-state index is 6.08. The van der Waals surface area contributed by atoms with Crippen molar-refractivity contribution < 1.29 is 4.42 Å². The van der Waals surface area contributed by atoms with Crippen molar-refractivity contribution in [1.29, 1.82) is 0 Å². The van der Waals surface area contributed by atoms with E-state index >= 15 is 0 Å². The quantitative estimate of drug-likeness (QED) is 0.876. The summed E-state index contributed by atoms with van der Waals surface area (Å²) in [6.45, 7) is 2.74. The van der Waals surface area contributed by atoms with Crippen LogP contribution in [0, 0.1) is 5.92 Å². The molecule has 0 spiro atoms. The van der Waals surface area contributed by atoms with Crippen LogP contribution in [0.1, 0.15) is 37.0 Å². The summed E-state index contributed by atoms with van der Waals surface area (Å²) >= 11 is 0. The summed E-state index contributed by atoms with van der Waals surface area (Å²) in [5.41, 5.74) is 8.14. The van der Waals surface area contributed by atoms with Gasteiger partial charge in [0.1, 0.15) is 11.3 Å². The van der Waals surface area contributed by atoms with Crippen LogP contribution in [0.3, 0.4) is 0 Å². The molecule has 0 bridgehead atoms. The molecule has 2 aliphatic carbocycles. The van der Waals surface area contributed by atoms with Crippen LogP contribution in [0.2, 0.25) is 0 Å². The van der Waals surface area contributed by atoms with Gasteiger partial charge in [0.2, 0.25) is 0 Å². The van der Waals surface area contributed by atoms with Crippen LogP contribution < -0.4 is 5.73 Å². The Hall–Kier alpha value is -1.32. The Kier molecular flexibility index (Phi) is 3.04. The van der Waals surface area contributed by atoms with Crippen LogP contribution in [0.5, 0.6) is 0 Å². The average molecular weight is 270 g/mol. The molecule has 0 aliphatic heterocycles. The fourth-order valence-corrected chi connectivity index (χ4v) is 3.10. The number of para-hydroxylation sites is 1. The molecule has 2 aliphatic rings. The van der Waals surface area contributed by atoms with E-state index in [2.05, 4.69) is 17.0 Å². The molecule has 106 valence electrons. The molecule has 1 aromatic heterocycles. The number of nitrogens with zero attached hydrogens (tertiary/aromatic N) is 1. The number of hydrogen-bond acceptors (Lipinski definition) is 3. The van der Waals surface area contributed by atoms with Crippen molar-refractivity contribution in [3.63, 3.8) is 0 Å². The zero-order chi connectivity index (χ0) is 13.5. The number of hydrogen-bond donors (Lipinski definition) is 1. The van der Waals surface area contributed by atoms with E-state index in [1.165, 1.54) is 43.2 Å². The number of benzene rings is 1. The van der Waals surface area contributed by atoms with Crippen molar-refractivity contribution in [1.82, 2.24) is 4.90 Å². The minimum absolute atomic E-state index is 0.564. The fraction of sp³-hybridized carbons (Fsp3) is 0.529. The molecule has 2 fully saturated rings. The van der Waals surface area contributed by atoms with Gasteiger partial charge in [-0.3, -0.25) is 4.90 Å². The number of fused-ring (bicyclic) bond motifs is 1. The second kappa shape index (κ2) is 4.90. The van der Waals surface area contributed by atoms with Gasteiger partial charge in [-0.05, 0) is 37.7 Å². The van der Waals surface area contributed by atoms with E-state index in [0.717, 1.165) is 29.8 Å². The third-order valence-electron chi connectivity index (χ3n) is 4.59. The molecule has 4 rings (SSSR count). The first-order valence-electron chi connectivity index (χ1n) is 7.78. The molecule has 1 aromatic carbocycles. The van der Waals surface area contributed by atoms with Crippen LogP contribution >= 0.6 is 0 Å². The third kappa shape index (κ3) is 2.36. The van der Waals surface area contributed by atoms with Gasteiger partial charge in [-0.1, -0.05) is 18.2 Å². The predicted molar refractivity (Wildman–Crippen MR) is 80.3 cm³/mol. The summed E-state index contributed by atoms with van der Waals surface area (Å²) in [4.78, 5) is 2.62. The molecule has 2 N–H and O–H groups in total. The van der Waals surface area contributed by atoms with E-state index in [4.69, 9.17) is 10.2 Å². The van der Waals surface area contributed by atoms with Crippen molar-refractivity contribution in [2.75, 3.05) is 6.54 Å². The maximum absolute atomic E-state index is 6.08. The van der Waals surface area contributed by atoms with Gasteiger partial charge >= 0.3 is 0 Å². The maximum Gasteiger partial charge on any atom is 0.134 e. The molecule has 2 aromatic rings. The van der Waals surface area contributed by atoms with E-state index in [-0.39, 0.29) is 0 Å². The highest BCUT2D eigenvalue weighted by molar-refractivity contribution is 5.82. The van der Waals surface area contributed by atoms with E-state index in [1.54, 1.807) is 0 Å². The SMILES string of the molecule is NCc1c(CN(CC2CC2)C2CC2)oc2ccccc12. The van der Waals surface area contributed by atoms with Gasteiger partial charge in [0.15, 0.2) is 0 Å². The fourth-order valence-electron chi connectivity index (χ4n) is 3.10. The van der Waals surface area contributed by atoms with Crippen molar-refractivity contribution in [3.05, 3.63) is 35.6 Å². The minimum Gasteiger partial charge on any atom is -0.459 e. The van der Waals surface area contributed by atoms with Gasteiger partial charge in [-0.15, -0.1) is 0 Å². The van der Waals surface area contributed by atoms with Crippen molar-refractivity contribution in [2.24, 2.45) is 11.7 Å². The summed E-state index contributed by atoms with van der Waals surface area (Å²) in [6, 6.07) is 9.03.